The molecule has 0 N–H and O–H groups in total. The predicted molar refractivity (Wildman–Crippen MR) is 53.4 cm³/mol. The van der Waals surface area contributed by atoms with Gasteiger partial charge in [0.25, 0.3) is 6.43 Å². The maximum atomic E-state index is 12.3. The second-order valence-corrected chi connectivity index (χ2v) is 4.03. The molecule has 72 valence electrons. The molecular formula is C8H6Br2F2O. The molecule has 0 bridgehead atoms. The zero-order chi connectivity index (χ0) is 10.0. The SMILES string of the molecule is COc1c(Br)cc(C(F)F)cc1Br. The van der Waals surface area contributed by atoms with E-state index in [1.165, 1.54) is 19.2 Å². The van der Waals surface area contributed by atoms with Gasteiger partial charge in [-0.1, -0.05) is 0 Å². The third kappa shape index (κ3) is 2.40. The van der Waals surface area contributed by atoms with Crippen molar-refractivity contribution in [2.45, 2.75) is 6.43 Å². The van der Waals surface area contributed by atoms with Crippen LogP contribution in [0.15, 0.2) is 21.1 Å². The monoisotopic (exact) mass is 314 g/mol. The van der Waals surface area contributed by atoms with Gasteiger partial charge in [-0.15, -0.1) is 0 Å². The topological polar surface area (TPSA) is 9.23 Å². The van der Waals surface area contributed by atoms with E-state index in [4.69, 9.17) is 4.74 Å². The highest BCUT2D eigenvalue weighted by molar-refractivity contribution is 9.11. The average Bonchev–Trinajstić information content (AvgIpc) is 2.03. The largest absolute Gasteiger partial charge is 0.494 e. The van der Waals surface area contributed by atoms with Crippen LogP contribution < -0.4 is 4.74 Å². The first-order valence-electron chi connectivity index (χ1n) is 3.37. The van der Waals surface area contributed by atoms with Crippen LogP contribution in [0, 0.1) is 0 Å². The van der Waals surface area contributed by atoms with E-state index in [2.05, 4.69) is 31.9 Å². The Labute approximate surface area is 91.3 Å². The Morgan fingerprint density at radius 1 is 1.23 bits per heavy atom. The normalized spacial score (nSPS) is 10.6. The molecular weight excluding hydrogens is 310 g/mol. The van der Waals surface area contributed by atoms with E-state index in [-0.39, 0.29) is 5.56 Å². The molecule has 1 rings (SSSR count). The fourth-order valence-corrected chi connectivity index (χ4v) is 2.45. The number of hydrogen-bond donors (Lipinski definition) is 0. The lowest BCUT2D eigenvalue weighted by Gasteiger charge is -2.08. The highest BCUT2D eigenvalue weighted by Gasteiger charge is 2.13. The Bertz CT molecular complexity index is 292. The van der Waals surface area contributed by atoms with Crippen LogP contribution in [-0.4, -0.2) is 7.11 Å². The van der Waals surface area contributed by atoms with Crippen molar-refractivity contribution in [3.63, 3.8) is 0 Å². The van der Waals surface area contributed by atoms with E-state index in [0.717, 1.165) is 0 Å². The molecule has 1 nitrogen and oxygen atoms in total. The predicted octanol–water partition coefficient (Wildman–Crippen LogP) is 4.16. The van der Waals surface area contributed by atoms with E-state index in [9.17, 15) is 8.78 Å². The van der Waals surface area contributed by atoms with E-state index in [0.29, 0.717) is 14.7 Å². The Morgan fingerprint density at radius 2 is 1.69 bits per heavy atom. The lowest BCUT2D eigenvalue weighted by Crippen LogP contribution is -1.90. The van der Waals surface area contributed by atoms with Crippen molar-refractivity contribution in [2.24, 2.45) is 0 Å². The summed E-state index contributed by atoms with van der Waals surface area (Å²) in [6, 6.07) is 2.68. The quantitative estimate of drug-likeness (QED) is 0.796. The molecule has 0 aliphatic heterocycles. The highest BCUT2D eigenvalue weighted by atomic mass is 79.9. The van der Waals surface area contributed by atoms with E-state index in [1.54, 1.807) is 0 Å². The molecule has 0 saturated heterocycles. The van der Waals surface area contributed by atoms with Gasteiger partial charge in [-0.25, -0.2) is 8.78 Å². The average molecular weight is 316 g/mol. The smallest absolute Gasteiger partial charge is 0.263 e. The molecule has 0 spiro atoms. The van der Waals surface area contributed by atoms with Gasteiger partial charge >= 0.3 is 0 Å². The molecule has 0 aromatic heterocycles. The van der Waals surface area contributed by atoms with Gasteiger partial charge in [-0.2, -0.15) is 0 Å². The Morgan fingerprint density at radius 3 is 2.00 bits per heavy atom. The molecule has 1 aromatic carbocycles. The van der Waals surface area contributed by atoms with Crippen LogP contribution in [0.4, 0.5) is 8.78 Å². The molecule has 0 saturated carbocycles. The number of rotatable bonds is 2. The first-order valence-corrected chi connectivity index (χ1v) is 4.96. The van der Waals surface area contributed by atoms with Crippen molar-refractivity contribution < 1.29 is 13.5 Å². The Hall–Kier alpha value is -0.160. The van der Waals surface area contributed by atoms with Gasteiger partial charge in [0.15, 0.2) is 0 Å². The first-order chi connectivity index (χ1) is 6.06. The summed E-state index contributed by atoms with van der Waals surface area (Å²) in [5.74, 6) is 0.518. The van der Waals surface area contributed by atoms with Crippen molar-refractivity contribution in [2.75, 3.05) is 7.11 Å². The number of alkyl halides is 2. The second-order valence-electron chi connectivity index (χ2n) is 2.32. The maximum absolute atomic E-state index is 12.3. The molecule has 0 unspecified atom stereocenters. The van der Waals surface area contributed by atoms with E-state index < -0.39 is 6.43 Å². The van der Waals surface area contributed by atoms with Gasteiger partial charge in [-0.3, -0.25) is 0 Å². The molecule has 0 radical (unpaired) electrons. The van der Waals surface area contributed by atoms with Gasteiger partial charge in [0.05, 0.1) is 16.1 Å². The Balaban J connectivity index is 3.20. The van der Waals surface area contributed by atoms with Crippen LogP contribution >= 0.6 is 31.9 Å². The number of methoxy groups -OCH3 is 1. The Kier molecular flexibility index (Phi) is 3.67. The van der Waals surface area contributed by atoms with Crippen molar-refractivity contribution in [3.8, 4) is 5.75 Å². The molecule has 0 aliphatic rings. The molecule has 5 heteroatoms. The second kappa shape index (κ2) is 4.37. The number of halogens is 4. The molecule has 0 heterocycles. The number of ether oxygens (including phenoxy) is 1. The van der Waals surface area contributed by atoms with Crippen molar-refractivity contribution in [1.29, 1.82) is 0 Å². The zero-order valence-corrected chi connectivity index (χ0v) is 9.82. The minimum absolute atomic E-state index is 0.0421. The van der Waals surface area contributed by atoms with Crippen LogP contribution in [0.5, 0.6) is 5.75 Å². The summed E-state index contributed by atoms with van der Waals surface area (Å²) in [5, 5.41) is 0. The number of hydrogen-bond acceptors (Lipinski definition) is 1. The third-order valence-electron chi connectivity index (χ3n) is 1.48. The van der Waals surface area contributed by atoms with Crippen molar-refractivity contribution in [3.05, 3.63) is 26.6 Å². The zero-order valence-electron chi connectivity index (χ0n) is 6.65. The molecule has 0 amide bonds. The summed E-state index contributed by atoms with van der Waals surface area (Å²) < 4.78 is 30.6. The van der Waals surface area contributed by atoms with E-state index in [1.807, 2.05) is 0 Å². The standard InChI is InChI=1S/C8H6Br2F2O/c1-13-7-5(9)2-4(8(11)12)3-6(7)10/h2-3,8H,1H3. The maximum Gasteiger partial charge on any atom is 0.263 e. The van der Waals surface area contributed by atoms with Crippen molar-refractivity contribution in [1.82, 2.24) is 0 Å². The third-order valence-corrected chi connectivity index (χ3v) is 2.65. The van der Waals surface area contributed by atoms with Gasteiger partial charge in [0.2, 0.25) is 0 Å². The molecule has 13 heavy (non-hydrogen) atoms. The minimum Gasteiger partial charge on any atom is -0.494 e. The van der Waals surface area contributed by atoms with E-state index >= 15 is 0 Å². The van der Waals surface area contributed by atoms with Gasteiger partial charge in [0, 0.05) is 5.56 Å². The fraction of sp³-hybridized carbons (Fsp3) is 0.250. The molecule has 1 aromatic rings. The molecule has 0 fully saturated rings. The fourth-order valence-electron chi connectivity index (χ4n) is 0.900. The summed E-state index contributed by atoms with van der Waals surface area (Å²) >= 11 is 6.28. The first kappa shape index (κ1) is 10.9. The summed E-state index contributed by atoms with van der Waals surface area (Å²) in [6.07, 6.45) is -2.47. The van der Waals surface area contributed by atoms with Crippen LogP contribution in [0.2, 0.25) is 0 Å². The van der Waals surface area contributed by atoms with Gasteiger partial charge < -0.3 is 4.74 Å². The summed E-state index contributed by atoms with van der Waals surface area (Å²) in [6.45, 7) is 0. The number of benzene rings is 1. The lowest BCUT2D eigenvalue weighted by molar-refractivity contribution is 0.151. The van der Waals surface area contributed by atoms with Gasteiger partial charge in [-0.05, 0) is 44.0 Å². The highest BCUT2D eigenvalue weighted by Crippen LogP contribution is 2.36. The minimum atomic E-state index is -2.47. The van der Waals surface area contributed by atoms with Gasteiger partial charge in [0.1, 0.15) is 5.75 Å². The van der Waals surface area contributed by atoms with Crippen LogP contribution in [0.3, 0.4) is 0 Å². The molecule has 0 aliphatic carbocycles. The summed E-state index contributed by atoms with van der Waals surface area (Å²) in [7, 11) is 1.48. The lowest BCUT2D eigenvalue weighted by atomic mass is 10.2. The van der Waals surface area contributed by atoms with Crippen molar-refractivity contribution >= 4 is 31.9 Å². The summed E-state index contributed by atoms with van der Waals surface area (Å²) in [5.41, 5.74) is -0.0421. The van der Waals surface area contributed by atoms with Crippen LogP contribution in [0.25, 0.3) is 0 Å². The summed E-state index contributed by atoms with van der Waals surface area (Å²) in [4.78, 5) is 0. The van der Waals surface area contributed by atoms with Crippen LogP contribution in [-0.2, 0) is 0 Å². The molecule has 0 atom stereocenters. The van der Waals surface area contributed by atoms with Crippen LogP contribution in [0.1, 0.15) is 12.0 Å².